The van der Waals surface area contributed by atoms with Crippen LogP contribution in [0.25, 0.3) is 0 Å². The number of nitrogens with one attached hydrogen (secondary N) is 1. The largest absolute Gasteiger partial charge is 0.393 e. The van der Waals surface area contributed by atoms with E-state index in [-0.39, 0.29) is 12.0 Å². The Morgan fingerprint density at radius 1 is 1.32 bits per heavy atom. The molecule has 1 heterocycles. The SMILES string of the molecule is Cc1ccc(SCC(=O)NCCCN2CCC(O)CC2)cc1. The van der Waals surface area contributed by atoms with E-state index in [2.05, 4.69) is 41.4 Å². The van der Waals surface area contributed by atoms with Gasteiger partial charge in [-0.3, -0.25) is 4.79 Å². The number of carbonyl (C=O) groups is 1. The number of thioether (sulfide) groups is 1. The van der Waals surface area contributed by atoms with Crippen molar-refractivity contribution in [1.82, 2.24) is 10.2 Å². The van der Waals surface area contributed by atoms with Gasteiger partial charge in [0, 0.05) is 24.5 Å². The van der Waals surface area contributed by atoms with Crippen LogP contribution >= 0.6 is 11.8 Å². The summed E-state index contributed by atoms with van der Waals surface area (Å²) in [7, 11) is 0. The summed E-state index contributed by atoms with van der Waals surface area (Å²) in [4.78, 5) is 15.3. The number of nitrogens with zero attached hydrogens (tertiary/aromatic N) is 1. The molecule has 1 saturated heterocycles. The fourth-order valence-electron chi connectivity index (χ4n) is 2.51. The molecular weight excluding hydrogens is 296 g/mol. The Morgan fingerprint density at radius 3 is 2.68 bits per heavy atom. The van der Waals surface area contributed by atoms with E-state index in [4.69, 9.17) is 0 Å². The lowest BCUT2D eigenvalue weighted by molar-refractivity contribution is -0.118. The molecule has 1 aliphatic heterocycles. The number of aliphatic hydroxyl groups excluding tert-OH is 1. The van der Waals surface area contributed by atoms with Crippen molar-refractivity contribution in [2.45, 2.75) is 37.2 Å². The highest BCUT2D eigenvalue weighted by atomic mass is 32.2. The van der Waals surface area contributed by atoms with Crippen molar-refractivity contribution in [3.8, 4) is 0 Å². The van der Waals surface area contributed by atoms with Gasteiger partial charge in [0.1, 0.15) is 0 Å². The van der Waals surface area contributed by atoms with Crippen molar-refractivity contribution in [2.24, 2.45) is 0 Å². The predicted octanol–water partition coefficient (Wildman–Crippen LogP) is 2.05. The summed E-state index contributed by atoms with van der Waals surface area (Å²) >= 11 is 1.57. The van der Waals surface area contributed by atoms with E-state index in [1.807, 2.05) is 0 Å². The fourth-order valence-corrected chi connectivity index (χ4v) is 3.24. The van der Waals surface area contributed by atoms with Crippen LogP contribution in [0.15, 0.2) is 29.2 Å². The number of rotatable bonds is 7. The normalized spacial score (nSPS) is 16.6. The molecule has 22 heavy (non-hydrogen) atoms. The quantitative estimate of drug-likeness (QED) is 0.596. The summed E-state index contributed by atoms with van der Waals surface area (Å²) in [5.74, 6) is 0.568. The molecule has 2 N–H and O–H groups in total. The topological polar surface area (TPSA) is 52.6 Å². The minimum absolute atomic E-state index is 0.0969. The van der Waals surface area contributed by atoms with Gasteiger partial charge in [0.15, 0.2) is 0 Å². The van der Waals surface area contributed by atoms with Crippen LogP contribution in [-0.2, 0) is 4.79 Å². The number of hydrogen-bond donors (Lipinski definition) is 2. The number of hydrogen-bond acceptors (Lipinski definition) is 4. The van der Waals surface area contributed by atoms with Crippen LogP contribution in [0.2, 0.25) is 0 Å². The Hall–Kier alpha value is -1.04. The first-order valence-corrected chi connectivity index (χ1v) is 8.98. The van der Waals surface area contributed by atoms with Crippen molar-refractivity contribution in [3.63, 3.8) is 0 Å². The number of piperidine rings is 1. The zero-order valence-electron chi connectivity index (χ0n) is 13.3. The van der Waals surface area contributed by atoms with Gasteiger partial charge in [0.2, 0.25) is 5.91 Å². The molecule has 0 saturated carbocycles. The predicted molar refractivity (Wildman–Crippen MR) is 91.2 cm³/mol. The first kappa shape index (κ1) is 17.3. The highest BCUT2D eigenvalue weighted by Gasteiger charge is 2.16. The molecule has 4 nitrogen and oxygen atoms in total. The summed E-state index contributed by atoms with van der Waals surface area (Å²) in [6, 6.07) is 8.24. The summed E-state index contributed by atoms with van der Waals surface area (Å²) in [5, 5.41) is 12.4. The fraction of sp³-hybridized carbons (Fsp3) is 0.588. The number of likely N-dealkylation sites (tertiary alicyclic amines) is 1. The van der Waals surface area contributed by atoms with E-state index >= 15 is 0 Å². The Balaban J connectivity index is 1.53. The zero-order valence-corrected chi connectivity index (χ0v) is 14.1. The van der Waals surface area contributed by atoms with E-state index in [9.17, 15) is 9.90 Å². The van der Waals surface area contributed by atoms with Crippen molar-refractivity contribution in [1.29, 1.82) is 0 Å². The van der Waals surface area contributed by atoms with E-state index < -0.39 is 0 Å². The number of aliphatic hydroxyl groups is 1. The van der Waals surface area contributed by atoms with E-state index in [1.54, 1.807) is 11.8 Å². The van der Waals surface area contributed by atoms with Crippen molar-refractivity contribution >= 4 is 17.7 Å². The van der Waals surface area contributed by atoms with Gasteiger partial charge in [-0.2, -0.15) is 0 Å². The molecule has 2 rings (SSSR count). The molecule has 122 valence electrons. The molecule has 1 aromatic rings. The minimum atomic E-state index is -0.116. The summed E-state index contributed by atoms with van der Waals surface area (Å²) < 4.78 is 0. The molecule has 0 unspecified atom stereocenters. The molecule has 0 bridgehead atoms. The van der Waals surface area contributed by atoms with E-state index in [1.165, 1.54) is 5.56 Å². The molecule has 0 aromatic heterocycles. The van der Waals surface area contributed by atoms with Crippen LogP contribution in [0, 0.1) is 6.92 Å². The summed E-state index contributed by atoms with van der Waals surface area (Å²) in [6.45, 7) is 5.73. The maximum atomic E-state index is 11.8. The van der Waals surface area contributed by atoms with Gasteiger partial charge in [-0.05, 0) is 44.9 Å². The third-order valence-corrected chi connectivity index (χ3v) is 4.93. The molecule has 1 fully saturated rings. The highest BCUT2D eigenvalue weighted by Crippen LogP contribution is 2.17. The Kier molecular flexibility index (Phi) is 7.22. The second-order valence-corrected chi connectivity index (χ2v) is 6.93. The first-order chi connectivity index (χ1) is 10.6. The van der Waals surface area contributed by atoms with Crippen LogP contribution in [0.3, 0.4) is 0 Å². The minimum Gasteiger partial charge on any atom is -0.393 e. The van der Waals surface area contributed by atoms with E-state index in [0.29, 0.717) is 5.75 Å². The summed E-state index contributed by atoms with van der Waals surface area (Å²) in [6.07, 6.45) is 2.60. The number of carbonyl (C=O) groups excluding carboxylic acids is 1. The molecule has 1 aliphatic rings. The number of aryl methyl sites for hydroxylation is 1. The van der Waals surface area contributed by atoms with Crippen LogP contribution in [0.4, 0.5) is 0 Å². The Labute approximate surface area is 137 Å². The first-order valence-electron chi connectivity index (χ1n) is 8.00. The lowest BCUT2D eigenvalue weighted by Gasteiger charge is -2.29. The van der Waals surface area contributed by atoms with Crippen LogP contribution in [0.1, 0.15) is 24.8 Å². The van der Waals surface area contributed by atoms with E-state index in [0.717, 1.165) is 50.3 Å². The second-order valence-electron chi connectivity index (χ2n) is 5.88. The monoisotopic (exact) mass is 322 g/mol. The van der Waals surface area contributed by atoms with Gasteiger partial charge in [-0.1, -0.05) is 17.7 Å². The number of benzene rings is 1. The van der Waals surface area contributed by atoms with Gasteiger partial charge < -0.3 is 15.3 Å². The molecule has 0 aliphatic carbocycles. The van der Waals surface area contributed by atoms with Crippen molar-refractivity contribution in [3.05, 3.63) is 29.8 Å². The summed E-state index contributed by atoms with van der Waals surface area (Å²) in [5.41, 5.74) is 1.24. The standard InChI is InChI=1S/C17H26N2O2S/c1-14-3-5-16(6-4-14)22-13-17(21)18-9-2-10-19-11-7-15(20)8-12-19/h3-6,15,20H,2,7-13H2,1H3,(H,18,21). The maximum Gasteiger partial charge on any atom is 0.230 e. The van der Waals surface area contributed by atoms with Gasteiger partial charge in [0.05, 0.1) is 11.9 Å². The smallest absolute Gasteiger partial charge is 0.230 e. The third kappa shape index (κ3) is 6.38. The Bertz CT molecular complexity index is 456. The lowest BCUT2D eigenvalue weighted by Crippen LogP contribution is -2.37. The van der Waals surface area contributed by atoms with Crippen LogP contribution in [-0.4, -0.2) is 53.9 Å². The zero-order chi connectivity index (χ0) is 15.8. The van der Waals surface area contributed by atoms with Crippen LogP contribution in [0.5, 0.6) is 0 Å². The van der Waals surface area contributed by atoms with Crippen LogP contribution < -0.4 is 5.32 Å². The number of amides is 1. The highest BCUT2D eigenvalue weighted by molar-refractivity contribution is 8.00. The average Bonchev–Trinajstić information content (AvgIpc) is 2.53. The van der Waals surface area contributed by atoms with Gasteiger partial charge >= 0.3 is 0 Å². The molecule has 1 aromatic carbocycles. The molecule has 0 atom stereocenters. The van der Waals surface area contributed by atoms with Gasteiger partial charge in [0.25, 0.3) is 0 Å². The molecule has 0 spiro atoms. The molecule has 5 heteroatoms. The average molecular weight is 322 g/mol. The second kappa shape index (κ2) is 9.18. The Morgan fingerprint density at radius 2 is 2.00 bits per heavy atom. The maximum absolute atomic E-state index is 11.8. The van der Waals surface area contributed by atoms with Crippen molar-refractivity contribution < 1.29 is 9.90 Å². The van der Waals surface area contributed by atoms with Gasteiger partial charge in [-0.25, -0.2) is 0 Å². The van der Waals surface area contributed by atoms with Crippen molar-refractivity contribution in [2.75, 3.05) is 31.9 Å². The van der Waals surface area contributed by atoms with Gasteiger partial charge in [-0.15, -0.1) is 11.8 Å². The molecule has 1 amide bonds. The third-order valence-electron chi connectivity index (χ3n) is 3.92. The molecule has 0 radical (unpaired) electrons. The molecular formula is C17H26N2O2S. The lowest BCUT2D eigenvalue weighted by atomic mass is 10.1.